The molecule has 1 saturated carbocycles. The van der Waals surface area contributed by atoms with E-state index < -0.39 is 11.8 Å². The number of benzene rings is 1. The number of methoxy groups -OCH3 is 1. The summed E-state index contributed by atoms with van der Waals surface area (Å²) in [5.74, 6) is 1.21. The van der Waals surface area contributed by atoms with Gasteiger partial charge < -0.3 is 19.3 Å². The van der Waals surface area contributed by atoms with Gasteiger partial charge in [0.05, 0.1) is 44.5 Å². The molecule has 3 aliphatic heterocycles. The lowest BCUT2D eigenvalue weighted by molar-refractivity contribution is -0.203. The van der Waals surface area contributed by atoms with Crippen molar-refractivity contribution >= 4 is 11.7 Å². The number of nitriles is 1. The molecule has 4 fully saturated rings. The van der Waals surface area contributed by atoms with E-state index >= 15 is 4.79 Å². The van der Waals surface area contributed by atoms with E-state index in [1.165, 1.54) is 42.9 Å². The first kappa shape index (κ1) is 37.0. The Kier molecular flexibility index (Phi) is 12.3. The minimum absolute atomic E-state index is 0.0295. The number of unbranched alkanes of at least 4 members (excludes halogenated alkanes) is 4. The summed E-state index contributed by atoms with van der Waals surface area (Å²) in [5, 5.41) is 13.7. The third-order valence-corrected chi connectivity index (χ3v) is 12.7. The van der Waals surface area contributed by atoms with Gasteiger partial charge in [0, 0.05) is 43.6 Å². The van der Waals surface area contributed by atoms with Crippen LogP contribution in [0.3, 0.4) is 0 Å². The summed E-state index contributed by atoms with van der Waals surface area (Å²) in [6.07, 6.45) is 13.6. The number of likely N-dealkylation sites (N-methyl/N-ethyl adjacent to an activating group) is 1. The number of carbonyl (C=O) groups is 2. The number of rotatable bonds is 13. The van der Waals surface area contributed by atoms with Gasteiger partial charge in [0.1, 0.15) is 5.75 Å². The van der Waals surface area contributed by atoms with Crippen LogP contribution >= 0.6 is 0 Å². The van der Waals surface area contributed by atoms with Crippen molar-refractivity contribution in [1.82, 2.24) is 24.9 Å². The molecular weight excluding hydrogens is 628 g/mol. The normalized spacial score (nSPS) is 32.0. The number of hydrogen-bond acceptors (Lipinski definition) is 9. The smallest absolute Gasteiger partial charge is 0.246 e. The monoisotopic (exact) mass is 688 g/mol. The van der Waals surface area contributed by atoms with Crippen LogP contribution in [0.1, 0.15) is 88.7 Å². The van der Waals surface area contributed by atoms with E-state index in [0.29, 0.717) is 38.1 Å². The maximum absolute atomic E-state index is 15.1. The highest BCUT2D eigenvalue weighted by molar-refractivity contribution is 5.92. The molecule has 1 spiro atoms. The van der Waals surface area contributed by atoms with Gasteiger partial charge in [0.25, 0.3) is 0 Å². The van der Waals surface area contributed by atoms with E-state index in [1.54, 1.807) is 7.11 Å². The van der Waals surface area contributed by atoms with Crippen LogP contribution in [0.5, 0.6) is 5.75 Å². The van der Waals surface area contributed by atoms with Crippen LogP contribution < -0.4 is 10.1 Å². The Morgan fingerprint density at radius 2 is 1.98 bits per heavy atom. The highest BCUT2D eigenvalue weighted by Crippen LogP contribution is 2.50. The summed E-state index contributed by atoms with van der Waals surface area (Å²) in [5.41, 5.74) is 2.08. The van der Waals surface area contributed by atoms with E-state index in [-0.39, 0.29) is 36.5 Å². The fourth-order valence-corrected chi connectivity index (χ4v) is 9.88. The Balaban J connectivity index is 1.32. The van der Waals surface area contributed by atoms with Crippen molar-refractivity contribution < 1.29 is 19.1 Å². The minimum Gasteiger partial charge on any atom is -0.496 e. The lowest BCUT2D eigenvalue weighted by Crippen LogP contribution is -2.75. The third kappa shape index (κ3) is 7.54. The van der Waals surface area contributed by atoms with Crippen molar-refractivity contribution in [3.05, 3.63) is 42.0 Å². The minimum atomic E-state index is -0.408. The second kappa shape index (κ2) is 16.7. The van der Waals surface area contributed by atoms with Gasteiger partial charge >= 0.3 is 0 Å². The number of Topliss-reactive ketones (excluding diaryl/α,β-unsaturated/α-hetero) is 1. The van der Waals surface area contributed by atoms with Gasteiger partial charge in [0.2, 0.25) is 5.91 Å². The highest BCUT2D eigenvalue weighted by Gasteiger charge is 2.57. The lowest BCUT2D eigenvalue weighted by Gasteiger charge is -2.59. The molecule has 0 radical (unpaired) electrons. The number of piperazine rings is 1. The predicted molar refractivity (Wildman–Crippen MR) is 194 cm³/mol. The summed E-state index contributed by atoms with van der Waals surface area (Å²) in [4.78, 5) is 37.2. The number of amides is 1. The quantitative estimate of drug-likeness (QED) is 0.233. The lowest BCUT2D eigenvalue weighted by atomic mass is 9.58. The van der Waals surface area contributed by atoms with Gasteiger partial charge in [-0.3, -0.25) is 19.8 Å². The van der Waals surface area contributed by atoms with Gasteiger partial charge in [-0.25, -0.2) is 4.90 Å². The molecule has 6 rings (SSSR count). The van der Waals surface area contributed by atoms with Crippen LogP contribution in [0.2, 0.25) is 0 Å². The average molecular weight is 689 g/mol. The summed E-state index contributed by atoms with van der Waals surface area (Å²) >= 11 is 0. The Morgan fingerprint density at radius 1 is 1.14 bits per heavy atom. The van der Waals surface area contributed by atoms with E-state index in [2.05, 4.69) is 58.8 Å². The van der Waals surface area contributed by atoms with Crippen LogP contribution in [0.4, 0.5) is 0 Å². The Bertz CT molecular complexity index is 1400. The molecule has 1 N–H and O–H groups in total. The van der Waals surface area contributed by atoms with Gasteiger partial charge in [-0.2, -0.15) is 5.26 Å². The third-order valence-electron chi connectivity index (χ3n) is 12.7. The molecule has 7 unspecified atom stereocenters. The molecule has 1 aromatic rings. The average Bonchev–Trinajstić information content (AvgIpc) is 3.55. The highest BCUT2D eigenvalue weighted by atomic mass is 16.5. The van der Waals surface area contributed by atoms with Crippen LogP contribution in [0.15, 0.2) is 30.9 Å². The van der Waals surface area contributed by atoms with Gasteiger partial charge in [0.15, 0.2) is 12.1 Å². The second-order valence-electron chi connectivity index (χ2n) is 15.5. The van der Waals surface area contributed by atoms with Crippen molar-refractivity contribution in [2.75, 3.05) is 53.5 Å². The molecule has 1 aromatic carbocycles. The zero-order valence-corrected chi connectivity index (χ0v) is 30.8. The van der Waals surface area contributed by atoms with Crippen molar-refractivity contribution in [2.24, 2.45) is 11.3 Å². The van der Waals surface area contributed by atoms with Gasteiger partial charge in [-0.1, -0.05) is 51.3 Å². The standard InChI is InChI=1S/C40H60N6O4/c1-5-7-8-9-10-23-46-38(44-24-25-45(35(47)6-2)30(27-44)18-21-41)33-17-20-40(19-16-32-29(26-40)13-11-15-34(32)49-4)37(48)36(33)42-39(46)50-28-31-14-12-22-43(31)3/h6,11,13,15,30-31,33,36,38-39,42H,2,5,7-10,12,14,16-20,22-28H2,1,3-4H3. The van der Waals surface area contributed by atoms with E-state index in [4.69, 9.17) is 9.47 Å². The van der Waals surface area contributed by atoms with Crippen LogP contribution in [-0.4, -0.2) is 115 Å². The fraction of sp³-hybridized carbons (Fsp3) is 0.725. The molecule has 3 saturated heterocycles. The topological polar surface area (TPSA) is 101 Å². The van der Waals surface area contributed by atoms with Crippen molar-refractivity contribution in [1.29, 1.82) is 5.26 Å². The van der Waals surface area contributed by atoms with Crippen molar-refractivity contribution in [3.63, 3.8) is 0 Å². The molecule has 10 heteroatoms. The van der Waals surface area contributed by atoms with E-state index in [0.717, 1.165) is 70.2 Å². The number of likely N-dealkylation sites (tertiary alicyclic amines) is 1. The van der Waals surface area contributed by atoms with E-state index in [1.807, 2.05) is 11.0 Å². The van der Waals surface area contributed by atoms with Crippen LogP contribution in [0.25, 0.3) is 0 Å². The molecule has 5 aliphatic rings. The number of ether oxygens (including phenoxy) is 2. The Labute approximate surface area is 300 Å². The summed E-state index contributed by atoms with van der Waals surface area (Å²) < 4.78 is 12.6. The number of carbonyl (C=O) groups excluding carboxylic acids is 2. The molecule has 7 atom stereocenters. The SMILES string of the molecule is C=CC(=O)N1CCN(C2C3CCC4(CCc5c(cccc5OC)C4)C(=O)C3NC(OCC3CCCN3C)N2CCCCCCC)CC1CC#N. The molecule has 1 amide bonds. The molecule has 274 valence electrons. The van der Waals surface area contributed by atoms with Crippen molar-refractivity contribution in [3.8, 4) is 11.8 Å². The maximum atomic E-state index is 15.1. The van der Waals surface area contributed by atoms with Crippen LogP contribution in [-0.2, 0) is 27.2 Å². The molecule has 10 nitrogen and oxygen atoms in total. The second-order valence-corrected chi connectivity index (χ2v) is 15.5. The zero-order valence-electron chi connectivity index (χ0n) is 30.8. The largest absolute Gasteiger partial charge is 0.496 e. The molecule has 0 bridgehead atoms. The van der Waals surface area contributed by atoms with E-state index in [9.17, 15) is 10.1 Å². The number of fused-ring (bicyclic) bond motifs is 2. The summed E-state index contributed by atoms with van der Waals surface area (Å²) in [7, 11) is 3.92. The molecular formula is C40H60N6O4. The molecule has 50 heavy (non-hydrogen) atoms. The first-order valence-electron chi connectivity index (χ1n) is 19.4. The predicted octanol–water partition coefficient (Wildman–Crippen LogP) is 4.73. The molecule has 0 aromatic heterocycles. The first-order valence-corrected chi connectivity index (χ1v) is 19.4. The fourth-order valence-electron chi connectivity index (χ4n) is 9.88. The zero-order chi connectivity index (χ0) is 35.3. The first-order chi connectivity index (χ1) is 24.3. The number of hydrogen-bond donors (Lipinski definition) is 1. The van der Waals surface area contributed by atoms with Crippen molar-refractivity contribution in [2.45, 2.75) is 121 Å². The molecule has 2 aliphatic carbocycles. The summed E-state index contributed by atoms with van der Waals surface area (Å²) in [6, 6.07) is 8.43. The van der Waals surface area contributed by atoms with Gasteiger partial charge in [-0.15, -0.1) is 0 Å². The summed E-state index contributed by atoms with van der Waals surface area (Å²) in [6.45, 7) is 10.4. The molecule has 3 heterocycles. The number of nitrogens with zero attached hydrogens (tertiary/aromatic N) is 5. The Hall–Kier alpha value is -2.81. The maximum Gasteiger partial charge on any atom is 0.246 e. The Morgan fingerprint density at radius 3 is 2.72 bits per heavy atom. The number of nitrogens with one attached hydrogen (secondary N) is 1. The number of ketones is 1. The van der Waals surface area contributed by atoms with Crippen LogP contribution in [0, 0.1) is 22.7 Å². The van der Waals surface area contributed by atoms with Gasteiger partial charge in [-0.05, 0) is 88.2 Å².